The van der Waals surface area contributed by atoms with Gasteiger partial charge in [-0.25, -0.2) is 0 Å². The van der Waals surface area contributed by atoms with Crippen LogP contribution in [0.25, 0.3) is 0 Å². The molecule has 0 amide bonds. The van der Waals surface area contributed by atoms with Gasteiger partial charge in [-0.1, -0.05) is 0 Å². The molecule has 0 rings (SSSR count). The molecular formula is C5H13NO2S. The molecule has 0 saturated heterocycles. The summed E-state index contributed by atoms with van der Waals surface area (Å²) in [6.45, 7) is 0.0817. The van der Waals surface area contributed by atoms with Crippen molar-refractivity contribution in [3.8, 4) is 0 Å². The standard InChI is InChI=1S/C5H13NO2S/c1-9(8)4-5(6)2-3-7/h5,7H,2-4,6H2,1H3. The summed E-state index contributed by atoms with van der Waals surface area (Å²) in [7, 11) is -0.833. The van der Waals surface area contributed by atoms with Crippen molar-refractivity contribution in [3.05, 3.63) is 0 Å². The van der Waals surface area contributed by atoms with Crippen LogP contribution in [0.1, 0.15) is 6.42 Å². The zero-order chi connectivity index (χ0) is 7.28. The third-order valence-electron chi connectivity index (χ3n) is 0.949. The van der Waals surface area contributed by atoms with E-state index in [0.717, 1.165) is 0 Å². The summed E-state index contributed by atoms with van der Waals surface area (Å²) in [4.78, 5) is 0. The van der Waals surface area contributed by atoms with Crippen LogP contribution in [0.4, 0.5) is 0 Å². The molecule has 0 aromatic rings. The quantitative estimate of drug-likeness (QED) is 0.546. The van der Waals surface area contributed by atoms with E-state index >= 15 is 0 Å². The highest BCUT2D eigenvalue weighted by molar-refractivity contribution is 7.84. The van der Waals surface area contributed by atoms with Crippen molar-refractivity contribution in [2.75, 3.05) is 18.6 Å². The lowest BCUT2D eigenvalue weighted by Crippen LogP contribution is -2.27. The summed E-state index contributed by atoms with van der Waals surface area (Å²) >= 11 is 0. The van der Waals surface area contributed by atoms with Crippen LogP contribution in [0.3, 0.4) is 0 Å². The van der Waals surface area contributed by atoms with E-state index in [9.17, 15) is 4.21 Å². The molecule has 0 aliphatic rings. The Morgan fingerprint density at radius 1 is 1.78 bits per heavy atom. The van der Waals surface area contributed by atoms with Crippen molar-refractivity contribution in [1.82, 2.24) is 0 Å². The van der Waals surface area contributed by atoms with Gasteiger partial charge in [-0.2, -0.15) is 0 Å². The van der Waals surface area contributed by atoms with E-state index in [1.807, 2.05) is 0 Å². The Kier molecular flexibility index (Phi) is 4.94. The number of rotatable bonds is 4. The van der Waals surface area contributed by atoms with Gasteiger partial charge >= 0.3 is 0 Å². The van der Waals surface area contributed by atoms with Crippen molar-refractivity contribution in [3.63, 3.8) is 0 Å². The fraction of sp³-hybridized carbons (Fsp3) is 1.00. The Balaban J connectivity index is 3.26. The molecule has 0 fully saturated rings. The molecule has 0 aromatic carbocycles. The van der Waals surface area contributed by atoms with E-state index < -0.39 is 10.8 Å². The molecule has 3 nitrogen and oxygen atoms in total. The maximum atomic E-state index is 10.5. The SMILES string of the molecule is CS(=O)CC(N)CCO. The summed E-state index contributed by atoms with van der Waals surface area (Å²) < 4.78 is 10.5. The molecule has 0 aromatic heterocycles. The Morgan fingerprint density at radius 2 is 2.33 bits per heavy atom. The normalized spacial score (nSPS) is 17.2. The molecule has 0 saturated carbocycles. The number of aliphatic hydroxyl groups excluding tert-OH is 1. The fourth-order valence-electron chi connectivity index (χ4n) is 0.551. The minimum atomic E-state index is -0.833. The molecule has 2 atom stereocenters. The summed E-state index contributed by atoms with van der Waals surface area (Å²) in [5, 5.41) is 8.37. The Hall–Kier alpha value is 0.0700. The molecule has 4 heteroatoms. The predicted octanol–water partition coefficient (Wildman–Crippen LogP) is -0.925. The van der Waals surface area contributed by atoms with Gasteiger partial charge in [-0.05, 0) is 6.42 Å². The molecule has 9 heavy (non-hydrogen) atoms. The van der Waals surface area contributed by atoms with Crippen LogP contribution in [0, 0.1) is 0 Å². The molecule has 2 unspecified atom stereocenters. The molecule has 0 spiro atoms. The van der Waals surface area contributed by atoms with Crippen LogP contribution in [-0.2, 0) is 10.8 Å². The first-order valence-electron chi connectivity index (χ1n) is 2.83. The van der Waals surface area contributed by atoms with Gasteiger partial charge < -0.3 is 10.8 Å². The Labute approximate surface area is 57.7 Å². The summed E-state index contributed by atoms with van der Waals surface area (Å²) in [6.07, 6.45) is 2.15. The molecule has 0 radical (unpaired) electrons. The third-order valence-corrected chi connectivity index (χ3v) is 1.85. The maximum absolute atomic E-state index is 10.5. The van der Waals surface area contributed by atoms with Gasteiger partial charge in [0.05, 0.1) is 0 Å². The lowest BCUT2D eigenvalue weighted by atomic mass is 10.3. The van der Waals surface area contributed by atoms with Gasteiger partial charge in [0.15, 0.2) is 0 Å². The third kappa shape index (κ3) is 5.95. The predicted molar refractivity (Wildman–Crippen MR) is 38.6 cm³/mol. The topological polar surface area (TPSA) is 63.3 Å². The molecule has 0 aliphatic heterocycles. The first-order valence-corrected chi connectivity index (χ1v) is 4.56. The smallest absolute Gasteiger partial charge is 0.0446 e. The largest absolute Gasteiger partial charge is 0.396 e. The van der Waals surface area contributed by atoms with E-state index in [4.69, 9.17) is 10.8 Å². The average Bonchev–Trinajstić information content (AvgIpc) is 1.63. The van der Waals surface area contributed by atoms with Crippen molar-refractivity contribution in [2.24, 2.45) is 5.73 Å². The second-order valence-corrected chi connectivity index (χ2v) is 3.49. The summed E-state index contributed by atoms with van der Waals surface area (Å²) in [6, 6.07) is -0.110. The monoisotopic (exact) mass is 151 g/mol. The van der Waals surface area contributed by atoms with E-state index in [1.54, 1.807) is 6.26 Å². The van der Waals surface area contributed by atoms with Crippen LogP contribution in [0.5, 0.6) is 0 Å². The van der Waals surface area contributed by atoms with Gasteiger partial charge in [0.1, 0.15) is 0 Å². The summed E-state index contributed by atoms with van der Waals surface area (Å²) in [5.74, 6) is 0.487. The van der Waals surface area contributed by atoms with Gasteiger partial charge in [-0.15, -0.1) is 0 Å². The van der Waals surface area contributed by atoms with Crippen LogP contribution in [-0.4, -0.2) is 34.0 Å². The fourth-order valence-corrected chi connectivity index (χ4v) is 1.32. The van der Waals surface area contributed by atoms with Crippen molar-refractivity contribution in [1.29, 1.82) is 0 Å². The van der Waals surface area contributed by atoms with Crippen LogP contribution < -0.4 is 5.73 Å². The highest BCUT2D eigenvalue weighted by Crippen LogP contribution is 1.87. The zero-order valence-corrected chi connectivity index (χ0v) is 6.36. The molecule has 0 bridgehead atoms. The van der Waals surface area contributed by atoms with E-state index in [2.05, 4.69) is 0 Å². The number of hydrogen-bond donors (Lipinski definition) is 2. The van der Waals surface area contributed by atoms with Gasteiger partial charge in [0.2, 0.25) is 0 Å². The van der Waals surface area contributed by atoms with E-state index in [-0.39, 0.29) is 12.6 Å². The number of hydrogen-bond acceptors (Lipinski definition) is 3. The van der Waals surface area contributed by atoms with E-state index in [1.165, 1.54) is 0 Å². The molecular weight excluding hydrogens is 138 g/mol. The Morgan fingerprint density at radius 3 is 2.67 bits per heavy atom. The van der Waals surface area contributed by atoms with Crippen molar-refractivity contribution >= 4 is 10.8 Å². The number of aliphatic hydroxyl groups is 1. The van der Waals surface area contributed by atoms with Crippen LogP contribution in [0.2, 0.25) is 0 Å². The first-order chi connectivity index (χ1) is 4.16. The average molecular weight is 151 g/mol. The highest BCUT2D eigenvalue weighted by Gasteiger charge is 2.02. The molecule has 0 heterocycles. The first kappa shape index (κ1) is 9.07. The lowest BCUT2D eigenvalue weighted by molar-refractivity contribution is 0.279. The molecule has 0 aliphatic carbocycles. The minimum Gasteiger partial charge on any atom is -0.396 e. The number of nitrogens with two attached hydrogens (primary N) is 1. The zero-order valence-electron chi connectivity index (χ0n) is 5.54. The highest BCUT2D eigenvalue weighted by atomic mass is 32.2. The van der Waals surface area contributed by atoms with Crippen LogP contribution >= 0.6 is 0 Å². The molecule has 56 valence electrons. The summed E-state index contributed by atoms with van der Waals surface area (Å²) in [5.41, 5.74) is 5.43. The van der Waals surface area contributed by atoms with Crippen molar-refractivity contribution < 1.29 is 9.32 Å². The van der Waals surface area contributed by atoms with Crippen LogP contribution in [0.15, 0.2) is 0 Å². The van der Waals surface area contributed by atoms with Crippen molar-refractivity contribution in [2.45, 2.75) is 12.5 Å². The lowest BCUT2D eigenvalue weighted by Gasteiger charge is -2.05. The molecule has 3 N–H and O–H groups in total. The van der Waals surface area contributed by atoms with Gasteiger partial charge in [0.25, 0.3) is 0 Å². The second-order valence-electron chi connectivity index (χ2n) is 2.01. The maximum Gasteiger partial charge on any atom is 0.0446 e. The second kappa shape index (κ2) is 4.90. The van der Waals surface area contributed by atoms with Gasteiger partial charge in [0, 0.05) is 35.5 Å². The van der Waals surface area contributed by atoms with Gasteiger partial charge in [-0.3, -0.25) is 4.21 Å². The minimum absolute atomic E-state index is 0.0817. The van der Waals surface area contributed by atoms with E-state index in [0.29, 0.717) is 12.2 Å². The Bertz CT molecular complexity index is 97.0.